The van der Waals surface area contributed by atoms with E-state index in [1.54, 1.807) is 0 Å². The smallest absolute Gasteiger partial charge is 0.136 e. The molecule has 54 heavy (non-hydrogen) atoms. The summed E-state index contributed by atoms with van der Waals surface area (Å²) >= 11 is 1.89. The largest absolute Gasteiger partial charge is 0.456 e. The standard InChI is InChI=1S/C52H32OS/c1-3-15-33(16-4-1)47-37-19-7-9-21-39(37)48(40-22-10-8-20-38(40)47)35-29-31-36(32-30-35)51-49(34-17-5-2-6-18-34)44-26-13-25-42(52(44)54-51)41-24-14-28-46-50(41)43-23-11-12-27-45(43)53-46/h1-32H. The molecule has 11 aromatic rings. The van der Waals surface area contributed by atoms with Crippen molar-refractivity contribution in [1.29, 1.82) is 0 Å². The van der Waals surface area contributed by atoms with Crippen molar-refractivity contribution >= 4 is 64.9 Å². The Labute approximate surface area is 317 Å². The minimum absolute atomic E-state index is 0.915. The van der Waals surface area contributed by atoms with E-state index in [-0.39, 0.29) is 0 Å². The third-order valence-electron chi connectivity index (χ3n) is 10.9. The van der Waals surface area contributed by atoms with Crippen molar-refractivity contribution < 1.29 is 4.42 Å². The van der Waals surface area contributed by atoms with Crippen LogP contribution in [0.1, 0.15) is 0 Å². The summed E-state index contributed by atoms with van der Waals surface area (Å²) in [4.78, 5) is 1.27. The van der Waals surface area contributed by atoms with Crippen molar-refractivity contribution in [3.63, 3.8) is 0 Å². The molecule has 2 heterocycles. The van der Waals surface area contributed by atoms with Crippen LogP contribution in [0.2, 0.25) is 0 Å². The summed E-state index contributed by atoms with van der Waals surface area (Å²) in [6, 6.07) is 70.3. The zero-order valence-electron chi connectivity index (χ0n) is 29.3. The highest BCUT2D eigenvalue weighted by atomic mass is 32.1. The lowest BCUT2D eigenvalue weighted by Crippen LogP contribution is -1.90. The quantitative estimate of drug-likeness (QED) is 0.163. The maximum Gasteiger partial charge on any atom is 0.136 e. The van der Waals surface area contributed by atoms with Gasteiger partial charge in [0, 0.05) is 36.9 Å². The first-order valence-electron chi connectivity index (χ1n) is 18.4. The molecule has 2 heteroatoms. The number of para-hydroxylation sites is 1. The lowest BCUT2D eigenvalue weighted by atomic mass is 9.86. The van der Waals surface area contributed by atoms with Crippen LogP contribution >= 0.6 is 11.3 Å². The number of fused-ring (bicyclic) bond motifs is 6. The number of benzene rings is 9. The predicted octanol–water partition coefficient (Wildman–Crippen LogP) is 15.4. The molecule has 0 unspecified atom stereocenters. The molecular formula is C52H32OS. The molecule has 2 aromatic heterocycles. The van der Waals surface area contributed by atoms with Crippen LogP contribution in [0.4, 0.5) is 0 Å². The van der Waals surface area contributed by atoms with Gasteiger partial charge in [-0.2, -0.15) is 0 Å². The van der Waals surface area contributed by atoms with E-state index in [1.165, 1.54) is 92.0 Å². The monoisotopic (exact) mass is 704 g/mol. The normalized spacial score (nSPS) is 11.7. The Morgan fingerprint density at radius 3 is 1.37 bits per heavy atom. The Morgan fingerprint density at radius 1 is 0.296 bits per heavy atom. The van der Waals surface area contributed by atoms with Crippen molar-refractivity contribution in [2.24, 2.45) is 0 Å². The van der Waals surface area contributed by atoms with Gasteiger partial charge in [0.25, 0.3) is 0 Å². The van der Waals surface area contributed by atoms with Crippen LogP contribution in [0.3, 0.4) is 0 Å². The molecule has 11 rings (SSSR count). The Hall–Kier alpha value is -6.74. The van der Waals surface area contributed by atoms with Crippen LogP contribution in [-0.4, -0.2) is 0 Å². The minimum atomic E-state index is 0.915. The summed E-state index contributed by atoms with van der Waals surface area (Å²) in [5, 5.41) is 8.64. The highest BCUT2D eigenvalue weighted by molar-refractivity contribution is 7.23. The summed E-state index contributed by atoms with van der Waals surface area (Å²) in [5.74, 6) is 0. The van der Waals surface area contributed by atoms with Gasteiger partial charge in [0.2, 0.25) is 0 Å². The van der Waals surface area contributed by atoms with Gasteiger partial charge in [0.05, 0.1) is 0 Å². The molecule has 252 valence electrons. The molecular weight excluding hydrogens is 673 g/mol. The van der Waals surface area contributed by atoms with Gasteiger partial charge < -0.3 is 4.42 Å². The van der Waals surface area contributed by atoms with Gasteiger partial charge in [0.15, 0.2) is 0 Å². The van der Waals surface area contributed by atoms with Crippen LogP contribution in [0.15, 0.2) is 199 Å². The summed E-state index contributed by atoms with van der Waals surface area (Å²) in [6.45, 7) is 0. The highest BCUT2D eigenvalue weighted by Crippen LogP contribution is 2.50. The second-order valence-electron chi connectivity index (χ2n) is 13.9. The first-order chi connectivity index (χ1) is 26.8. The van der Waals surface area contributed by atoms with Crippen molar-refractivity contribution in [2.75, 3.05) is 0 Å². The molecule has 1 nitrogen and oxygen atoms in total. The van der Waals surface area contributed by atoms with Gasteiger partial charge >= 0.3 is 0 Å². The summed E-state index contributed by atoms with van der Waals surface area (Å²) < 4.78 is 7.61. The molecule has 0 bridgehead atoms. The van der Waals surface area contributed by atoms with Crippen molar-refractivity contribution in [3.05, 3.63) is 194 Å². The molecule has 9 aromatic carbocycles. The number of furan rings is 1. The van der Waals surface area contributed by atoms with E-state index in [9.17, 15) is 0 Å². The molecule has 0 N–H and O–H groups in total. The summed E-state index contributed by atoms with van der Waals surface area (Å²) in [7, 11) is 0. The van der Waals surface area contributed by atoms with E-state index in [1.807, 2.05) is 17.4 Å². The Balaban J connectivity index is 1.12. The number of thiophene rings is 1. The molecule has 0 aliphatic carbocycles. The predicted molar refractivity (Wildman–Crippen MR) is 231 cm³/mol. The van der Waals surface area contributed by atoms with E-state index in [2.05, 4.69) is 188 Å². The Morgan fingerprint density at radius 2 is 0.741 bits per heavy atom. The zero-order valence-corrected chi connectivity index (χ0v) is 30.1. The van der Waals surface area contributed by atoms with Crippen molar-refractivity contribution in [1.82, 2.24) is 0 Å². The maximum absolute atomic E-state index is 6.33. The maximum atomic E-state index is 6.33. The molecule has 0 aliphatic rings. The molecule has 0 aliphatic heterocycles. The summed E-state index contributed by atoms with van der Waals surface area (Å²) in [6.07, 6.45) is 0. The highest BCUT2D eigenvalue weighted by Gasteiger charge is 2.22. The van der Waals surface area contributed by atoms with Crippen LogP contribution in [-0.2, 0) is 0 Å². The second kappa shape index (κ2) is 12.4. The molecule has 0 amide bonds. The van der Waals surface area contributed by atoms with Crippen molar-refractivity contribution in [2.45, 2.75) is 0 Å². The van der Waals surface area contributed by atoms with Gasteiger partial charge in [-0.05, 0) is 72.6 Å². The minimum Gasteiger partial charge on any atom is -0.456 e. The molecule has 0 radical (unpaired) electrons. The molecule has 0 saturated carbocycles. The van der Waals surface area contributed by atoms with Crippen molar-refractivity contribution in [3.8, 4) is 54.9 Å². The second-order valence-corrected chi connectivity index (χ2v) is 14.9. The lowest BCUT2D eigenvalue weighted by molar-refractivity contribution is 0.669. The van der Waals surface area contributed by atoms with E-state index in [4.69, 9.17) is 4.42 Å². The first-order valence-corrected chi connectivity index (χ1v) is 19.2. The number of hydrogen-bond acceptors (Lipinski definition) is 2. The van der Waals surface area contributed by atoms with E-state index in [0.717, 1.165) is 16.6 Å². The molecule has 0 saturated heterocycles. The fraction of sp³-hybridized carbons (Fsp3) is 0. The van der Waals surface area contributed by atoms with Gasteiger partial charge in [-0.1, -0.05) is 182 Å². The van der Waals surface area contributed by atoms with Gasteiger partial charge in [-0.15, -0.1) is 11.3 Å². The van der Waals surface area contributed by atoms with E-state index in [0.29, 0.717) is 0 Å². The molecule has 0 fully saturated rings. The van der Waals surface area contributed by atoms with Crippen LogP contribution in [0.5, 0.6) is 0 Å². The van der Waals surface area contributed by atoms with Gasteiger partial charge in [0.1, 0.15) is 11.2 Å². The average Bonchev–Trinajstić information content (AvgIpc) is 3.83. The fourth-order valence-electron chi connectivity index (χ4n) is 8.57. The number of hydrogen-bond donors (Lipinski definition) is 0. The Kier molecular flexibility index (Phi) is 7.11. The average molecular weight is 705 g/mol. The first kappa shape index (κ1) is 30.8. The molecule has 0 spiro atoms. The fourth-order valence-corrected chi connectivity index (χ4v) is 9.92. The molecule has 0 atom stereocenters. The van der Waals surface area contributed by atoms with Gasteiger partial charge in [-0.25, -0.2) is 0 Å². The topological polar surface area (TPSA) is 13.1 Å². The van der Waals surface area contributed by atoms with E-state index < -0.39 is 0 Å². The van der Waals surface area contributed by atoms with Gasteiger partial charge in [-0.3, -0.25) is 0 Å². The SMILES string of the molecule is c1ccc(-c2c3ccccc3c(-c3ccc(-c4sc5c(-c6cccc7oc8ccccc8c67)cccc5c4-c4ccccc4)cc3)c3ccccc23)cc1. The zero-order chi connectivity index (χ0) is 35.6. The third kappa shape index (κ3) is 4.78. The summed E-state index contributed by atoms with van der Waals surface area (Å²) in [5.41, 5.74) is 13.0. The van der Waals surface area contributed by atoms with Crippen LogP contribution < -0.4 is 0 Å². The third-order valence-corrected chi connectivity index (χ3v) is 12.2. The van der Waals surface area contributed by atoms with Crippen LogP contribution in [0.25, 0.3) is 109 Å². The lowest BCUT2D eigenvalue weighted by Gasteiger charge is -2.18. The van der Waals surface area contributed by atoms with Crippen LogP contribution in [0, 0.1) is 0 Å². The Bertz CT molecular complexity index is 3130. The van der Waals surface area contributed by atoms with E-state index >= 15 is 0 Å². The number of rotatable bonds is 5.